The van der Waals surface area contributed by atoms with Gasteiger partial charge in [0.2, 0.25) is 11.9 Å². The van der Waals surface area contributed by atoms with Crippen molar-refractivity contribution in [3.63, 3.8) is 0 Å². The summed E-state index contributed by atoms with van der Waals surface area (Å²) >= 11 is 0. The molecule has 1 aliphatic rings. The van der Waals surface area contributed by atoms with Gasteiger partial charge in [-0.3, -0.25) is 19.5 Å². The monoisotopic (exact) mass is 514 g/mol. The third kappa shape index (κ3) is 5.36. The quantitative estimate of drug-likeness (QED) is 0.342. The molecule has 0 unspecified atom stereocenters. The largest absolute Gasteiger partial charge is 0.493 e. The van der Waals surface area contributed by atoms with Gasteiger partial charge in [-0.05, 0) is 49.2 Å². The van der Waals surface area contributed by atoms with E-state index in [0.29, 0.717) is 34.4 Å². The lowest BCUT2D eigenvalue weighted by molar-refractivity contribution is -0.117. The summed E-state index contributed by atoms with van der Waals surface area (Å²) in [6, 6.07) is 20.3. The molecule has 1 fully saturated rings. The highest BCUT2D eigenvalue weighted by molar-refractivity contribution is 5.99. The van der Waals surface area contributed by atoms with Crippen molar-refractivity contribution in [3.8, 4) is 28.4 Å². The first-order chi connectivity index (χ1) is 18.5. The van der Waals surface area contributed by atoms with Gasteiger partial charge in [0.15, 0.2) is 11.5 Å². The van der Waals surface area contributed by atoms with Crippen molar-refractivity contribution in [2.24, 2.45) is 0 Å². The average molecular weight is 515 g/mol. The smallest absolute Gasteiger partial charge is 0.254 e. The van der Waals surface area contributed by atoms with E-state index >= 15 is 0 Å². The minimum atomic E-state index is -0.423. The number of halogens is 1. The number of carbonyl (C=O) groups is 2. The molecule has 8 nitrogen and oxygen atoms in total. The minimum absolute atomic E-state index is 0.0243. The fourth-order valence-corrected chi connectivity index (χ4v) is 4.22. The van der Waals surface area contributed by atoms with Crippen LogP contribution in [0.15, 0.2) is 79.0 Å². The molecule has 0 saturated heterocycles. The van der Waals surface area contributed by atoms with Gasteiger partial charge in [-0.15, -0.1) is 0 Å². The van der Waals surface area contributed by atoms with Crippen LogP contribution in [-0.2, 0) is 4.79 Å². The molecule has 9 heteroatoms. The highest BCUT2D eigenvalue weighted by atomic mass is 19.1. The predicted octanol–water partition coefficient (Wildman–Crippen LogP) is 4.94. The van der Waals surface area contributed by atoms with Crippen LogP contribution in [0.3, 0.4) is 0 Å². The van der Waals surface area contributed by atoms with Crippen molar-refractivity contribution in [1.29, 1.82) is 0 Å². The maximum atomic E-state index is 13.4. The number of ether oxygens (including phenoxy) is 2. The zero-order valence-electron chi connectivity index (χ0n) is 21.1. The van der Waals surface area contributed by atoms with E-state index in [-0.39, 0.29) is 24.4 Å². The van der Waals surface area contributed by atoms with E-state index in [2.05, 4.69) is 10.3 Å². The van der Waals surface area contributed by atoms with Crippen LogP contribution < -0.4 is 14.8 Å². The average Bonchev–Trinajstić information content (AvgIpc) is 3.71. The lowest BCUT2D eigenvalue weighted by Crippen LogP contribution is -2.39. The molecule has 0 spiro atoms. The van der Waals surface area contributed by atoms with E-state index in [1.807, 2.05) is 42.6 Å². The Balaban J connectivity index is 1.44. The first kappa shape index (κ1) is 25.0. The third-order valence-corrected chi connectivity index (χ3v) is 6.33. The first-order valence-corrected chi connectivity index (χ1v) is 12.2. The van der Waals surface area contributed by atoms with Gasteiger partial charge in [0.1, 0.15) is 12.4 Å². The van der Waals surface area contributed by atoms with Gasteiger partial charge in [0.25, 0.3) is 5.91 Å². The summed E-state index contributed by atoms with van der Waals surface area (Å²) in [5, 5.41) is 2.88. The van der Waals surface area contributed by atoms with E-state index in [0.717, 1.165) is 18.4 Å². The zero-order chi connectivity index (χ0) is 26.6. The number of carbonyl (C=O) groups excluding carboxylic acids is 2. The van der Waals surface area contributed by atoms with Crippen LogP contribution >= 0.6 is 0 Å². The van der Waals surface area contributed by atoms with Crippen molar-refractivity contribution in [2.45, 2.75) is 18.9 Å². The Labute approximate surface area is 219 Å². The summed E-state index contributed by atoms with van der Waals surface area (Å²) in [7, 11) is 3.12. The van der Waals surface area contributed by atoms with Crippen LogP contribution in [0.1, 0.15) is 23.2 Å². The van der Waals surface area contributed by atoms with Crippen LogP contribution in [0.25, 0.3) is 16.9 Å². The second kappa shape index (κ2) is 10.8. The summed E-state index contributed by atoms with van der Waals surface area (Å²) in [6.45, 7) is -0.152. The van der Waals surface area contributed by atoms with Gasteiger partial charge in [-0.25, -0.2) is 9.37 Å². The first-order valence-electron chi connectivity index (χ1n) is 12.2. The molecule has 0 aliphatic heterocycles. The number of amides is 2. The number of hydrogen-bond acceptors (Lipinski definition) is 5. The molecule has 0 bridgehead atoms. The summed E-state index contributed by atoms with van der Waals surface area (Å²) in [5.41, 5.74) is 2.59. The fourth-order valence-electron chi connectivity index (χ4n) is 4.22. The van der Waals surface area contributed by atoms with Gasteiger partial charge < -0.3 is 14.4 Å². The fraction of sp³-hybridized carbons (Fsp3) is 0.207. The molecule has 0 atom stereocenters. The summed E-state index contributed by atoms with van der Waals surface area (Å²) in [4.78, 5) is 32.6. The van der Waals surface area contributed by atoms with E-state index in [4.69, 9.17) is 9.47 Å². The molecule has 194 valence electrons. The van der Waals surface area contributed by atoms with Crippen LogP contribution in [0.4, 0.5) is 10.3 Å². The second-order valence-electron chi connectivity index (χ2n) is 8.94. The van der Waals surface area contributed by atoms with Crippen molar-refractivity contribution in [3.05, 3.63) is 90.4 Å². The molecule has 1 saturated carbocycles. The Morgan fingerprint density at radius 2 is 1.71 bits per heavy atom. The SMILES string of the molecule is COc1ccc(-n2cc(-c3ccccc3)nc2NC(=O)CN(C(=O)c2ccc(F)cc2)C2CC2)cc1OC. The molecule has 1 aliphatic carbocycles. The summed E-state index contributed by atoms with van der Waals surface area (Å²) in [6.07, 6.45) is 3.46. The zero-order valence-corrected chi connectivity index (χ0v) is 21.1. The molecule has 1 aromatic heterocycles. The Morgan fingerprint density at radius 1 is 1.00 bits per heavy atom. The van der Waals surface area contributed by atoms with Gasteiger partial charge in [-0.1, -0.05) is 30.3 Å². The molecule has 38 heavy (non-hydrogen) atoms. The van der Waals surface area contributed by atoms with Crippen LogP contribution in [0.5, 0.6) is 11.5 Å². The highest BCUT2D eigenvalue weighted by Gasteiger charge is 2.34. The van der Waals surface area contributed by atoms with Crippen LogP contribution in [0.2, 0.25) is 0 Å². The molecule has 3 aromatic carbocycles. The normalized spacial score (nSPS) is 12.6. The highest BCUT2D eigenvalue weighted by Crippen LogP contribution is 2.32. The number of hydrogen-bond donors (Lipinski definition) is 1. The van der Waals surface area contributed by atoms with Crippen molar-refractivity contribution in [2.75, 3.05) is 26.1 Å². The molecule has 2 amide bonds. The van der Waals surface area contributed by atoms with E-state index in [1.165, 1.54) is 29.2 Å². The topological polar surface area (TPSA) is 85.7 Å². The van der Waals surface area contributed by atoms with Gasteiger partial charge >= 0.3 is 0 Å². The maximum Gasteiger partial charge on any atom is 0.254 e. The molecule has 1 heterocycles. The number of nitrogens with zero attached hydrogens (tertiary/aromatic N) is 3. The Hall–Kier alpha value is -4.66. The third-order valence-electron chi connectivity index (χ3n) is 6.33. The standard InChI is InChI=1S/C29H27FN4O4/c1-37-25-15-14-23(16-26(25)38-2)34-17-24(19-6-4-3-5-7-19)31-29(34)32-27(35)18-33(22-12-13-22)28(36)20-8-10-21(30)11-9-20/h3-11,14-17,22H,12-13,18H2,1-2H3,(H,31,32,35). The van der Waals surface area contributed by atoms with Crippen molar-refractivity contribution in [1.82, 2.24) is 14.5 Å². The predicted molar refractivity (Wildman–Crippen MR) is 141 cm³/mol. The molecule has 0 radical (unpaired) electrons. The molecule has 4 aromatic rings. The molecule has 1 N–H and O–H groups in total. The lowest BCUT2D eigenvalue weighted by Gasteiger charge is -2.22. The Morgan fingerprint density at radius 3 is 2.37 bits per heavy atom. The molecule has 5 rings (SSSR count). The van der Waals surface area contributed by atoms with E-state index in [1.54, 1.807) is 30.9 Å². The van der Waals surface area contributed by atoms with Gasteiger partial charge in [0, 0.05) is 29.4 Å². The number of rotatable bonds is 9. The number of imidazole rings is 1. The van der Waals surface area contributed by atoms with E-state index < -0.39 is 5.82 Å². The number of methoxy groups -OCH3 is 2. The van der Waals surface area contributed by atoms with Gasteiger partial charge in [0.05, 0.1) is 25.6 Å². The number of nitrogens with one attached hydrogen (secondary N) is 1. The molecular formula is C29H27FN4O4. The van der Waals surface area contributed by atoms with E-state index in [9.17, 15) is 14.0 Å². The number of aromatic nitrogens is 2. The molecular weight excluding hydrogens is 487 g/mol. The summed E-state index contributed by atoms with van der Waals surface area (Å²) in [5.74, 6) is 0.279. The summed E-state index contributed by atoms with van der Waals surface area (Å²) < 4.78 is 25.9. The lowest BCUT2D eigenvalue weighted by atomic mass is 10.2. The second-order valence-corrected chi connectivity index (χ2v) is 8.94. The Bertz CT molecular complexity index is 1450. The number of benzene rings is 3. The van der Waals surface area contributed by atoms with Crippen molar-refractivity contribution >= 4 is 17.8 Å². The Kier molecular flexibility index (Phi) is 7.08. The van der Waals surface area contributed by atoms with Crippen LogP contribution in [0, 0.1) is 5.82 Å². The van der Waals surface area contributed by atoms with Gasteiger partial charge in [-0.2, -0.15) is 0 Å². The van der Waals surface area contributed by atoms with Crippen LogP contribution in [-0.4, -0.2) is 53.1 Å². The maximum absolute atomic E-state index is 13.4. The minimum Gasteiger partial charge on any atom is -0.493 e. The number of anilines is 1. The van der Waals surface area contributed by atoms with Crippen molar-refractivity contribution < 1.29 is 23.5 Å².